The predicted molar refractivity (Wildman–Crippen MR) is 56.1 cm³/mol. The molecular weight excluding hydrogens is 227 g/mol. The smallest absolute Gasteiger partial charge is 0.380 e. The van der Waals surface area contributed by atoms with Gasteiger partial charge in [0.2, 0.25) is 0 Å². The summed E-state index contributed by atoms with van der Waals surface area (Å²) >= 11 is 0. The van der Waals surface area contributed by atoms with Gasteiger partial charge < -0.3 is 9.52 Å². The van der Waals surface area contributed by atoms with Gasteiger partial charge in [-0.25, -0.2) is 9.18 Å². The summed E-state index contributed by atoms with van der Waals surface area (Å²) in [4.78, 5) is 21.5. The van der Waals surface area contributed by atoms with Crippen molar-refractivity contribution in [1.82, 2.24) is 0 Å². The third-order valence-electron chi connectivity index (χ3n) is 2.15. The Morgan fingerprint density at radius 3 is 2.29 bits per heavy atom. The van der Waals surface area contributed by atoms with Crippen LogP contribution in [0.2, 0.25) is 0 Å². The van der Waals surface area contributed by atoms with Gasteiger partial charge in [-0.1, -0.05) is 0 Å². The van der Waals surface area contributed by atoms with Gasteiger partial charge in [0.05, 0.1) is 0 Å². The van der Waals surface area contributed by atoms with E-state index in [0.717, 1.165) is 0 Å². The van der Waals surface area contributed by atoms with Gasteiger partial charge in [-0.2, -0.15) is 0 Å². The first kappa shape index (κ1) is 11.1. The summed E-state index contributed by atoms with van der Waals surface area (Å²) in [6.45, 7) is 0. The molecule has 0 atom stereocenters. The molecule has 1 aromatic heterocycles. The predicted octanol–water partition coefficient (Wildman–Crippen LogP) is 2.35. The Labute approximate surface area is 95.3 Å². The van der Waals surface area contributed by atoms with Gasteiger partial charge in [-0.3, -0.25) is 4.79 Å². The molecule has 4 nitrogen and oxygen atoms in total. The molecule has 0 spiro atoms. The SMILES string of the molecule is O=C(O)C(=O)c1ccc(-c2ccc(F)cc2)o1. The molecule has 1 N–H and O–H groups in total. The first-order chi connectivity index (χ1) is 8.08. The van der Waals surface area contributed by atoms with E-state index in [1.54, 1.807) is 0 Å². The van der Waals surface area contributed by atoms with E-state index in [4.69, 9.17) is 9.52 Å². The highest BCUT2D eigenvalue weighted by Gasteiger charge is 2.19. The molecular formula is C12H7FO4. The van der Waals surface area contributed by atoms with Crippen LogP contribution in [0.3, 0.4) is 0 Å². The zero-order chi connectivity index (χ0) is 12.4. The quantitative estimate of drug-likeness (QED) is 0.653. The van der Waals surface area contributed by atoms with Crippen LogP contribution in [-0.2, 0) is 4.79 Å². The van der Waals surface area contributed by atoms with Gasteiger partial charge in [0, 0.05) is 5.56 Å². The summed E-state index contributed by atoms with van der Waals surface area (Å²) in [5.74, 6) is -3.02. The molecule has 0 aliphatic heterocycles. The second-order valence-electron chi connectivity index (χ2n) is 3.31. The van der Waals surface area contributed by atoms with E-state index in [9.17, 15) is 14.0 Å². The molecule has 0 radical (unpaired) electrons. The van der Waals surface area contributed by atoms with Gasteiger partial charge in [-0.15, -0.1) is 0 Å². The number of carbonyl (C=O) groups is 2. The minimum atomic E-state index is -1.58. The standard InChI is InChI=1S/C12H7FO4/c13-8-3-1-7(2-4-8)9-5-6-10(17-9)11(14)12(15)16/h1-6H,(H,15,16). The number of ketones is 1. The molecule has 2 aromatic rings. The molecule has 2 rings (SSSR count). The molecule has 17 heavy (non-hydrogen) atoms. The lowest BCUT2D eigenvalue weighted by molar-refractivity contribution is -0.131. The Kier molecular flexibility index (Phi) is 2.74. The van der Waals surface area contributed by atoms with Crippen molar-refractivity contribution >= 4 is 11.8 Å². The highest BCUT2D eigenvalue weighted by atomic mass is 19.1. The number of benzene rings is 1. The topological polar surface area (TPSA) is 67.5 Å². The zero-order valence-electron chi connectivity index (χ0n) is 8.51. The summed E-state index contributed by atoms with van der Waals surface area (Å²) in [7, 11) is 0. The van der Waals surface area contributed by atoms with Crippen LogP contribution in [0, 0.1) is 5.82 Å². The van der Waals surface area contributed by atoms with Crippen LogP contribution in [0.1, 0.15) is 10.6 Å². The molecule has 0 saturated carbocycles. The van der Waals surface area contributed by atoms with Crippen LogP contribution in [0.15, 0.2) is 40.8 Å². The average Bonchev–Trinajstić information content (AvgIpc) is 2.78. The number of aliphatic carboxylic acids is 1. The third-order valence-corrected chi connectivity index (χ3v) is 2.15. The van der Waals surface area contributed by atoms with Crippen molar-refractivity contribution in [2.45, 2.75) is 0 Å². The summed E-state index contributed by atoms with van der Waals surface area (Å²) in [6, 6.07) is 8.18. The summed E-state index contributed by atoms with van der Waals surface area (Å²) in [5.41, 5.74) is 0.566. The van der Waals surface area contributed by atoms with Gasteiger partial charge >= 0.3 is 11.8 Å². The lowest BCUT2D eigenvalue weighted by Crippen LogP contribution is -2.11. The van der Waals surface area contributed by atoms with Crippen LogP contribution in [0.25, 0.3) is 11.3 Å². The maximum Gasteiger partial charge on any atom is 0.380 e. The van der Waals surface area contributed by atoms with Crippen molar-refractivity contribution in [2.24, 2.45) is 0 Å². The Bertz CT molecular complexity index is 568. The van der Waals surface area contributed by atoms with E-state index in [1.165, 1.54) is 36.4 Å². The van der Waals surface area contributed by atoms with E-state index in [1.807, 2.05) is 0 Å². The molecule has 0 aliphatic rings. The number of carboxylic acid groups (broad SMARTS) is 1. The minimum absolute atomic E-state index is 0.253. The lowest BCUT2D eigenvalue weighted by Gasteiger charge is -1.96. The van der Waals surface area contributed by atoms with Crippen molar-refractivity contribution in [1.29, 1.82) is 0 Å². The van der Waals surface area contributed by atoms with Crippen LogP contribution in [0.5, 0.6) is 0 Å². The Balaban J connectivity index is 2.33. The largest absolute Gasteiger partial charge is 0.475 e. The fraction of sp³-hybridized carbons (Fsp3) is 0. The number of hydrogen-bond acceptors (Lipinski definition) is 3. The summed E-state index contributed by atoms with van der Waals surface area (Å²) < 4.78 is 17.8. The first-order valence-electron chi connectivity index (χ1n) is 4.71. The van der Waals surface area contributed by atoms with Crippen molar-refractivity contribution in [2.75, 3.05) is 0 Å². The van der Waals surface area contributed by atoms with Crippen molar-refractivity contribution in [3.05, 3.63) is 48.0 Å². The van der Waals surface area contributed by atoms with Gasteiger partial charge in [0.15, 0.2) is 5.76 Å². The lowest BCUT2D eigenvalue weighted by atomic mass is 10.2. The summed E-state index contributed by atoms with van der Waals surface area (Å²) in [5, 5.41) is 8.49. The molecule has 1 aromatic carbocycles. The van der Waals surface area contributed by atoms with Crippen LogP contribution < -0.4 is 0 Å². The fourth-order valence-corrected chi connectivity index (χ4v) is 1.33. The number of Topliss-reactive ketones (excluding diaryl/α,β-unsaturated/α-hetero) is 1. The molecule has 0 fully saturated rings. The normalized spacial score (nSPS) is 10.2. The minimum Gasteiger partial charge on any atom is -0.475 e. The number of carbonyl (C=O) groups excluding carboxylic acids is 1. The molecule has 5 heteroatoms. The second kappa shape index (κ2) is 4.21. The molecule has 0 amide bonds. The highest BCUT2D eigenvalue weighted by Crippen LogP contribution is 2.22. The maximum absolute atomic E-state index is 12.7. The Morgan fingerprint density at radius 1 is 1.06 bits per heavy atom. The maximum atomic E-state index is 12.7. The average molecular weight is 234 g/mol. The molecule has 0 saturated heterocycles. The molecule has 0 bridgehead atoms. The molecule has 0 aliphatic carbocycles. The van der Waals surface area contributed by atoms with Crippen molar-refractivity contribution < 1.29 is 23.5 Å². The van der Waals surface area contributed by atoms with Gasteiger partial charge in [0.1, 0.15) is 11.6 Å². The van der Waals surface area contributed by atoms with E-state index >= 15 is 0 Å². The van der Waals surface area contributed by atoms with Crippen molar-refractivity contribution in [3.63, 3.8) is 0 Å². The number of rotatable bonds is 3. The fourth-order valence-electron chi connectivity index (χ4n) is 1.33. The Hall–Kier alpha value is -2.43. The number of furan rings is 1. The molecule has 1 heterocycles. The first-order valence-corrected chi connectivity index (χ1v) is 4.71. The van der Waals surface area contributed by atoms with E-state index < -0.39 is 11.8 Å². The van der Waals surface area contributed by atoms with E-state index in [0.29, 0.717) is 11.3 Å². The monoisotopic (exact) mass is 234 g/mol. The Morgan fingerprint density at radius 2 is 1.71 bits per heavy atom. The van der Waals surface area contributed by atoms with Gasteiger partial charge in [-0.05, 0) is 36.4 Å². The van der Waals surface area contributed by atoms with E-state index in [-0.39, 0.29) is 11.6 Å². The van der Waals surface area contributed by atoms with Crippen molar-refractivity contribution in [3.8, 4) is 11.3 Å². The van der Waals surface area contributed by atoms with Gasteiger partial charge in [0.25, 0.3) is 0 Å². The molecule has 86 valence electrons. The zero-order valence-corrected chi connectivity index (χ0v) is 8.51. The van der Waals surface area contributed by atoms with Crippen LogP contribution in [-0.4, -0.2) is 16.9 Å². The second-order valence-corrected chi connectivity index (χ2v) is 3.31. The number of halogens is 1. The molecule has 0 unspecified atom stereocenters. The van der Waals surface area contributed by atoms with E-state index in [2.05, 4.69) is 0 Å². The van der Waals surface area contributed by atoms with Crippen LogP contribution >= 0.6 is 0 Å². The summed E-state index contributed by atoms with van der Waals surface area (Å²) in [6.07, 6.45) is 0. The third kappa shape index (κ3) is 2.23. The number of carboxylic acids is 1. The van der Waals surface area contributed by atoms with Crippen LogP contribution in [0.4, 0.5) is 4.39 Å². The highest BCUT2D eigenvalue weighted by molar-refractivity contribution is 6.39. The number of hydrogen-bond donors (Lipinski definition) is 1.